The molecule has 77 heavy (non-hydrogen) atoms. The van der Waals surface area contributed by atoms with Gasteiger partial charge in [-0.15, -0.1) is 0 Å². The van der Waals surface area contributed by atoms with Crippen LogP contribution in [0.25, 0.3) is 10.9 Å². The van der Waals surface area contributed by atoms with Gasteiger partial charge >= 0.3 is 11.9 Å². The fraction of sp³-hybridized carbons (Fsp3) is 0.500. The number of hydrogen-bond acceptors (Lipinski definition) is 14. The molecule has 27 heteroatoms. The first kappa shape index (κ1) is 62.2. The minimum atomic E-state index is -1.75. The number of fused-ring (bicyclic) bond motifs is 1. The Morgan fingerprint density at radius 2 is 1.25 bits per heavy atom. The summed E-state index contributed by atoms with van der Waals surface area (Å²) in [5.74, 6) is -10.6. The van der Waals surface area contributed by atoms with Crippen LogP contribution in [-0.2, 0) is 60.8 Å². The van der Waals surface area contributed by atoms with Crippen LogP contribution in [0, 0.1) is 11.3 Å². The summed E-state index contributed by atoms with van der Waals surface area (Å²) in [5.41, 5.74) is 13.1. The van der Waals surface area contributed by atoms with Gasteiger partial charge in [0.1, 0.15) is 48.3 Å². The zero-order valence-electron chi connectivity index (χ0n) is 43.0. The number of nitrogens with one attached hydrogen (secondary N) is 10. The second kappa shape index (κ2) is 30.4. The van der Waals surface area contributed by atoms with Crippen molar-refractivity contribution in [3.8, 4) is 0 Å². The largest absolute Gasteiger partial charge is 0.481 e. The molecule has 1 fully saturated rings. The number of aliphatic carboxylic acids is 2. The van der Waals surface area contributed by atoms with Crippen LogP contribution in [0.5, 0.6) is 0 Å². The van der Waals surface area contributed by atoms with Crippen molar-refractivity contribution in [2.45, 2.75) is 127 Å². The first-order valence-corrected chi connectivity index (χ1v) is 26.3. The lowest BCUT2D eigenvalue weighted by molar-refractivity contribution is -0.146. The van der Waals surface area contributed by atoms with Crippen LogP contribution in [0.3, 0.4) is 0 Å². The van der Waals surface area contributed by atoms with Gasteiger partial charge in [-0.05, 0) is 62.1 Å². The molecule has 0 bridgehead atoms. The highest BCUT2D eigenvalue weighted by Gasteiger charge is 2.41. The van der Waals surface area contributed by atoms with E-state index in [-0.39, 0.29) is 81.4 Å². The molecule has 1 aliphatic heterocycles. The molecule has 3 aromatic rings. The van der Waals surface area contributed by atoms with Gasteiger partial charge in [0.2, 0.25) is 47.3 Å². The van der Waals surface area contributed by atoms with Crippen LogP contribution in [-0.4, -0.2) is 164 Å². The molecule has 0 saturated carbocycles. The van der Waals surface area contributed by atoms with Crippen molar-refractivity contribution >= 4 is 101 Å². The van der Waals surface area contributed by atoms with Crippen molar-refractivity contribution in [1.29, 1.82) is 5.41 Å². The van der Waals surface area contributed by atoms with Crippen molar-refractivity contribution in [2.75, 3.05) is 24.6 Å². The van der Waals surface area contributed by atoms with Crippen LogP contribution in [0.1, 0.15) is 70.4 Å². The second-order valence-corrected chi connectivity index (χ2v) is 19.8. The van der Waals surface area contributed by atoms with E-state index in [0.717, 1.165) is 4.90 Å². The number of amides is 8. The molecule has 0 unspecified atom stereocenters. The van der Waals surface area contributed by atoms with Crippen molar-refractivity contribution in [1.82, 2.24) is 52.4 Å². The molecule has 9 atom stereocenters. The molecular weight excluding hydrogens is 1040 g/mol. The first-order chi connectivity index (χ1) is 36.5. The number of para-hydroxylation sites is 1. The molecule has 16 N–H and O–H groups in total. The molecule has 420 valence electrons. The van der Waals surface area contributed by atoms with Crippen LogP contribution in [0.15, 0.2) is 60.8 Å². The van der Waals surface area contributed by atoms with E-state index in [1.165, 1.54) is 6.92 Å². The zero-order valence-corrected chi connectivity index (χ0v) is 44.8. The maximum atomic E-state index is 14.5. The lowest BCUT2D eigenvalue weighted by Crippen LogP contribution is -2.61. The van der Waals surface area contributed by atoms with E-state index < -0.39 is 120 Å². The van der Waals surface area contributed by atoms with E-state index in [0.29, 0.717) is 22.0 Å². The Bertz CT molecular complexity index is 2590. The van der Waals surface area contributed by atoms with Crippen molar-refractivity contribution in [3.05, 3.63) is 71.9 Å². The molecule has 2 aromatic carbocycles. The number of hydrogen-bond donors (Lipinski definition) is 16. The summed E-state index contributed by atoms with van der Waals surface area (Å²) >= 11 is 8.47. The number of likely N-dealkylation sites (tertiary alicyclic amines) is 1. The number of carbonyl (C=O) groups excluding carboxylic acids is 8. The molecule has 25 nitrogen and oxygen atoms in total. The van der Waals surface area contributed by atoms with E-state index in [1.54, 1.807) is 60.8 Å². The third-order valence-electron chi connectivity index (χ3n) is 12.5. The Labute approximate surface area is 456 Å². The van der Waals surface area contributed by atoms with E-state index in [1.807, 2.05) is 13.8 Å². The minimum Gasteiger partial charge on any atom is -0.481 e. The molecule has 1 saturated heterocycles. The molecule has 0 radical (unpaired) electrons. The number of carboxylic acid groups (broad SMARTS) is 2. The van der Waals surface area contributed by atoms with Crippen LogP contribution < -0.4 is 54.0 Å². The summed E-state index contributed by atoms with van der Waals surface area (Å²) in [6.07, 6.45) is 1.00. The Balaban J connectivity index is 1.57. The fourth-order valence-electron chi connectivity index (χ4n) is 8.48. The number of rotatable bonds is 30. The highest BCUT2D eigenvalue weighted by molar-refractivity contribution is 7.80. The van der Waals surface area contributed by atoms with Crippen molar-refractivity contribution < 1.29 is 58.2 Å². The highest BCUT2D eigenvalue weighted by Crippen LogP contribution is 2.22. The maximum Gasteiger partial charge on any atom is 0.326 e. The lowest BCUT2D eigenvalue weighted by atomic mass is 10.0. The Morgan fingerprint density at radius 3 is 1.83 bits per heavy atom. The van der Waals surface area contributed by atoms with E-state index in [2.05, 4.69) is 72.8 Å². The quantitative estimate of drug-likeness (QED) is 0.0155. The van der Waals surface area contributed by atoms with E-state index >= 15 is 0 Å². The fourth-order valence-corrected chi connectivity index (χ4v) is 8.99. The molecule has 4 rings (SSSR count). The van der Waals surface area contributed by atoms with E-state index in [4.69, 9.17) is 16.9 Å². The Kier molecular flexibility index (Phi) is 24.5. The standard InChI is InChI=1S/C50H71N13O12S2/c1-26(2)19-33(57-41(66)27(3)51)43(68)61-37(24-76)45(70)59-35(22-40(64)65)48(73)63-18-10-16-39(63)47(72)56-32(15-9-17-54-50(52)53)42(67)58-34(21-29-23-55-31-14-8-7-13-30(29)31)44(69)62-38(25-77)46(71)60-36(49(74)75)20-28-11-5-4-6-12-28/h4-8,11-14,23,26-27,32-39,55,76-77H,9-10,15-22,24-25,51H2,1-3H3,(H,56,72)(H,57,66)(H,58,67)(H,59,70)(H,60,71)(H,61,68)(H,62,69)(H,64,65)(H,74,75)(H4,52,53,54)/t27-,32-,33-,34-,35-,36-,37-,38-,39-/m0/s1. The first-order valence-electron chi connectivity index (χ1n) is 25.0. The number of carboxylic acids is 2. The summed E-state index contributed by atoms with van der Waals surface area (Å²) in [5, 5.41) is 48.6. The number of carbonyl (C=O) groups is 10. The molecule has 0 spiro atoms. The summed E-state index contributed by atoms with van der Waals surface area (Å²) in [7, 11) is 0. The van der Waals surface area contributed by atoms with Crippen molar-refractivity contribution in [3.63, 3.8) is 0 Å². The minimum absolute atomic E-state index is 0.0537. The van der Waals surface area contributed by atoms with E-state index in [9.17, 15) is 58.2 Å². The highest BCUT2D eigenvalue weighted by atomic mass is 32.1. The molecule has 1 aliphatic rings. The average molecular weight is 1110 g/mol. The average Bonchev–Trinajstić information content (AvgIpc) is 4.05. The summed E-state index contributed by atoms with van der Waals surface area (Å²) in [4.78, 5) is 139. The Hall–Kier alpha value is -7.39. The van der Waals surface area contributed by atoms with Crippen LogP contribution >= 0.6 is 25.3 Å². The van der Waals surface area contributed by atoms with Gasteiger partial charge < -0.3 is 74.1 Å². The molecule has 8 amide bonds. The third kappa shape index (κ3) is 19.3. The summed E-state index contributed by atoms with van der Waals surface area (Å²) in [6, 6.07) is 3.64. The summed E-state index contributed by atoms with van der Waals surface area (Å²) < 4.78 is 0. The summed E-state index contributed by atoms with van der Waals surface area (Å²) in [6.45, 7) is 5.07. The normalized spacial score (nSPS) is 16.2. The number of thiol groups is 2. The van der Waals surface area contributed by atoms with Crippen LogP contribution in [0.4, 0.5) is 0 Å². The Morgan fingerprint density at radius 1 is 0.701 bits per heavy atom. The SMILES string of the molecule is CC(C)C[C@H](NC(=O)[C@H](C)N)C(=O)N[C@@H](CS)C(=O)N[C@@H](CC(=O)O)C(=O)N1CCC[C@H]1C(=O)N[C@@H](CCCNC(=N)N)C(=O)N[C@@H](Cc1c[nH]c2ccccc12)C(=O)N[C@@H](CS)C(=O)N[C@@H](Cc1ccccc1)C(=O)O. The predicted octanol–water partition coefficient (Wildman–Crippen LogP) is -1.59. The van der Waals surface area contributed by atoms with Gasteiger partial charge in [0.15, 0.2) is 5.96 Å². The number of guanidine groups is 1. The molecule has 0 aliphatic carbocycles. The van der Waals surface area contributed by atoms with Gasteiger partial charge in [-0.2, -0.15) is 25.3 Å². The van der Waals surface area contributed by atoms with Gasteiger partial charge in [-0.1, -0.05) is 62.4 Å². The molecule has 2 heterocycles. The lowest BCUT2D eigenvalue weighted by Gasteiger charge is -2.30. The van der Waals surface area contributed by atoms with Gasteiger partial charge in [0.25, 0.3) is 0 Å². The number of benzene rings is 2. The van der Waals surface area contributed by atoms with Gasteiger partial charge in [-0.25, -0.2) is 4.79 Å². The second-order valence-electron chi connectivity index (χ2n) is 19.1. The molecular formula is C50H71N13O12S2. The smallest absolute Gasteiger partial charge is 0.326 e. The predicted molar refractivity (Wildman–Crippen MR) is 290 cm³/mol. The van der Waals surface area contributed by atoms with Gasteiger partial charge in [0, 0.05) is 54.5 Å². The number of nitrogens with two attached hydrogens (primary N) is 2. The number of H-pyrrole nitrogens is 1. The molecule has 1 aromatic heterocycles. The maximum absolute atomic E-state index is 14.5. The third-order valence-corrected chi connectivity index (χ3v) is 13.2. The topological polar surface area (TPSA) is 402 Å². The zero-order chi connectivity index (χ0) is 56.9. The van der Waals surface area contributed by atoms with Crippen molar-refractivity contribution in [2.24, 2.45) is 17.4 Å². The van der Waals surface area contributed by atoms with Gasteiger partial charge in [0.05, 0.1) is 12.5 Å². The number of aromatic nitrogens is 1. The van der Waals surface area contributed by atoms with Gasteiger partial charge in [-0.3, -0.25) is 48.6 Å². The monoisotopic (exact) mass is 1110 g/mol. The number of nitrogens with zero attached hydrogens (tertiary/aromatic N) is 1. The number of aromatic amines is 1. The van der Waals surface area contributed by atoms with Crippen LogP contribution in [0.2, 0.25) is 0 Å².